The third kappa shape index (κ3) is 14.2. The number of nitrogens with one attached hydrogen (secondary N) is 2. The zero-order valence-corrected chi connectivity index (χ0v) is 41.8. The molecule has 2 aliphatic rings. The number of anilines is 2. The number of aryl methyl sites for hydroxylation is 4. The molecule has 2 amide bonds. The minimum absolute atomic E-state index is 0. The van der Waals surface area contributed by atoms with Crippen LogP contribution in [0.1, 0.15) is 101 Å². The molecule has 6 aromatic rings. The number of amides is 2. The molecule has 0 aromatic heterocycles. The summed E-state index contributed by atoms with van der Waals surface area (Å²) in [6, 6.07) is 33.1. The van der Waals surface area contributed by atoms with Crippen LogP contribution in [0.3, 0.4) is 0 Å². The van der Waals surface area contributed by atoms with Crippen LogP contribution in [0.2, 0.25) is 0 Å². The summed E-state index contributed by atoms with van der Waals surface area (Å²) in [6.45, 7) is 7.65. The minimum atomic E-state index is -4.70. The Balaban J connectivity index is 0.000000235. The first-order chi connectivity index (χ1) is 34.1. The average Bonchev–Trinajstić information content (AvgIpc) is 4.24. The Bertz CT molecular complexity index is 2740. The van der Waals surface area contributed by atoms with E-state index < -0.39 is 82.3 Å². The molecular formula is C56H50F6MgN2O8. The van der Waals surface area contributed by atoms with Gasteiger partial charge < -0.3 is 39.9 Å². The van der Waals surface area contributed by atoms with E-state index >= 15 is 0 Å². The number of carboxylic acid groups (broad SMARTS) is 2. The van der Waals surface area contributed by atoms with Crippen LogP contribution in [0, 0.1) is 39.5 Å². The Morgan fingerprint density at radius 2 is 0.849 bits per heavy atom. The van der Waals surface area contributed by atoms with Crippen molar-refractivity contribution in [2.75, 3.05) is 23.8 Å². The van der Waals surface area contributed by atoms with Crippen LogP contribution in [-0.2, 0) is 34.8 Å². The van der Waals surface area contributed by atoms with Crippen LogP contribution in [0.5, 0.6) is 11.5 Å². The van der Waals surface area contributed by atoms with E-state index in [1.807, 2.05) is 60.7 Å². The molecule has 2 saturated carbocycles. The van der Waals surface area contributed by atoms with Gasteiger partial charge in [-0.15, -0.1) is 0 Å². The summed E-state index contributed by atoms with van der Waals surface area (Å²) < 4.78 is 93.5. The second kappa shape index (κ2) is 23.3. The molecule has 0 spiro atoms. The molecule has 2 N–H and O–H groups in total. The normalized spacial score (nSPS) is 16.7. The summed E-state index contributed by atoms with van der Waals surface area (Å²) in [5, 5.41) is 27.0. The van der Waals surface area contributed by atoms with Crippen LogP contribution < -0.4 is 30.3 Å². The molecule has 0 bridgehead atoms. The van der Waals surface area contributed by atoms with Gasteiger partial charge in [-0.1, -0.05) is 72.8 Å². The SMILES string of the molecule is Cc1cc(OCCc2ccccc2)cc(C)c1C(=O)Nc1cc([C@H]2C[C@H]2C(=O)[O-])ccc1C(F)(F)F.Cc1cc(OCCc2ccccc2)cc(C)c1C(=O)Nc1cc([C@H]2C[C@H]2C(=O)[O-])ccc1C(F)(F)F.[Mg+2]. The first kappa shape index (κ1) is 55.5. The molecule has 4 atom stereocenters. The van der Waals surface area contributed by atoms with E-state index in [4.69, 9.17) is 9.47 Å². The van der Waals surface area contributed by atoms with Gasteiger partial charge in [-0.05, 0) is 145 Å². The van der Waals surface area contributed by atoms with Crippen LogP contribution in [0.4, 0.5) is 37.7 Å². The number of halogens is 6. The van der Waals surface area contributed by atoms with Crippen molar-refractivity contribution in [1.82, 2.24) is 0 Å². The van der Waals surface area contributed by atoms with Crippen LogP contribution >= 0.6 is 0 Å². The number of benzene rings is 6. The van der Waals surface area contributed by atoms with E-state index in [1.165, 1.54) is 24.3 Å². The topological polar surface area (TPSA) is 157 Å². The third-order valence-corrected chi connectivity index (χ3v) is 12.7. The Morgan fingerprint density at radius 3 is 1.14 bits per heavy atom. The average molecular weight is 1020 g/mol. The molecule has 0 aliphatic heterocycles. The van der Waals surface area contributed by atoms with Crippen LogP contribution in [-0.4, -0.2) is 60.0 Å². The zero-order chi connectivity index (χ0) is 52.1. The Morgan fingerprint density at radius 1 is 0.521 bits per heavy atom. The van der Waals surface area contributed by atoms with Crippen molar-refractivity contribution in [3.63, 3.8) is 0 Å². The Hall–Kier alpha value is -6.85. The predicted octanol–water partition coefficient (Wildman–Crippen LogP) is 9.72. The van der Waals surface area contributed by atoms with Crippen molar-refractivity contribution < 1.29 is 65.2 Å². The van der Waals surface area contributed by atoms with Gasteiger partial charge in [-0.25, -0.2) is 0 Å². The van der Waals surface area contributed by atoms with Gasteiger partial charge in [-0.3, -0.25) is 9.59 Å². The molecule has 2 aliphatic carbocycles. The number of carboxylic acids is 2. The number of aliphatic carboxylic acids is 2. The third-order valence-electron chi connectivity index (χ3n) is 12.7. The van der Waals surface area contributed by atoms with Gasteiger partial charge in [0.05, 0.1) is 35.7 Å². The molecule has 0 heterocycles. The van der Waals surface area contributed by atoms with Gasteiger partial charge in [-0.2, -0.15) is 26.3 Å². The summed E-state index contributed by atoms with van der Waals surface area (Å²) in [5.74, 6) is -5.02. The fraction of sp³-hybridized carbons (Fsp3) is 0.286. The molecule has 0 unspecified atom stereocenters. The molecule has 376 valence electrons. The first-order valence-electron chi connectivity index (χ1n) is 23.1. The molecule has 6 aromatic carbocycles. The summed E-state index contributed by atoms with van der Waals surface area (Å²) in [5.41, 5.74) is 3.03. The van der Waals surface area contributed by atoms with Crippen molar-refractivity contribution in [1.29, 1.82) is 0 Å². The maximum atomic E-state index is 13.6. The van der Waals surface area contributed by atoms with E-state index in [2.05, 4.69) is 10.6 Å². The predicted molar refractivity (Wildman–Crippen MR) is 259 cm³/mol. The van der Waals surface area contributed by atoms with E-state index in [1.54, 1.807) is 52.0 Å². The molecular weight excluding hydrogens is 967 g/mol. The van der Waals surface area contributed by atoms with Crippen LogP contribution in [0.25, 0.3) is 0 Å². The molecule has 73 heavy (non-hydrogen) atoms. The van der Waals surface area contributed by atoms with Crippen molar-refractivity contribution in [2.24, 2.45) is 11.8 Å². The maximum absolute atomic E-state index is 13.6. The number of hydrogen-bond acceptors (Lipinski definition) is 8. The fourth-order valence-corrected chi connectivity index (χ4v) is 8.90. The van der Waals surface area contributed by atoms with Gasteiger partial charge in [0.1, 0.15) is 11.5 Å². The van der Waals surface area contributed by atoms with E-state index in [0.29, 0.717) is 83.8 Å². The molecule has 0 saturated heterocycles. The van der Waals surface area contributed by atoms with Crippen LogP contribution in [0.15, 0.2) is 121 Å². The zero-order valence-electron chi connectivity index (χ0n) is 40.3. The quantitative estimate of drug-likeness (QED) is 0.0717. The number of ether oxygens (including phenoxy) is 2. The standard InChI is InChI=1S/2C28H26F3NO4.Mg/c2*1-16-12-20(36-11-10-18-6-4-3-5-7-18)13-17(2)25(16)26(33)32-24-14-19(21-15-22(21)27(34)35)8-9-23(24)28(29,30)31;/h2*3-9,12-14,21-22H,10-11,15H2,1-2H3,(H,32,33)(H,34,35);/q;;+2/p-2/t2*21-,22-;/m11./s1. The molecule has 10 nitrogen and oxygen atoms in total. The summed E-state index contributed by atoms with van der Waals surface area (Å²) in [7, 11) is 0. The van der Waals surface area contributed by atoms with Gasteiger partial charge in [0.2, 0.25) is 0 Å². The Kier molecular flexibility index (Phi) is 17.7. The van der Waals surface area contributed by atoms with Gasteiger partial charge in [0.15, 0.2) is 0 Å². The van der Waals surface area contributed by atoms with E-state index in [-0.39, 0.29) is 34.2 Å². The van der Waals surface area contributed by atoms with Gasteiger partial charge in [0.25, 0.3) is 11.8 Å². The van der Waals surface area contributed by atoms with Crippen molar-refractivity contribution in [2.45, 2.75) is 77.6 Å². The van der Waals surface area contributed by atoms with E-state index in [0.717, 1.165) is 23.3 Å². The monoisotopic (exact) mass is 1020 g/mol. The number of rotatable bonds is 16. The molecule has 2 fully saturated rings. The van der Waals surface area contributed by atoms with Crippen molar-refractivity contribution >= 4 is 58.2 Å². The summed E-state index contributed by atoms with van der Waals surface area (Å²) in [6.07, 6.45) is -7.39. The van der Waals surface area contributed by atoms with Crippen molar-refractivity contribution in [3.8, 4) is 11.5 Å². The smallest absolute Gasteiger partial charge is 0.550 e. The molecule has 17 heteroatoms. The second-order valence-corrected chi connectivity index (χ2v) is 18.1. The molecule has 0 radical (unpaired) electrons. The van der Waals surface area contributed by atoms with Gasteiger partial charge in [0, 0.05) is 47.7 Å². The fourth-order valence-electron chi connectivity index (χ4n) is 8.90. The number of carbonyl (C=O) groups is 4. The number of carbonyl (C=O) groups excluding carboxylic acids is 4. The minimum Gasteiger partial charge on any atom is -0.550 e. The maximum Gasteiger partial charge on any atom is 2.00 e. The largest absolute Gasteiger partial charge is 2.00 e. The Labute approximate surface area is 434 Å². The van der Waals surface area contributed by atoms with Crippen molar-refractivity contribution in [3.05, 3.63) is 188 Å². The second-order valence-electron chi connectivity index (χ2n) is 18.1. The summed E-state index contributed by atoms with van der Waals surface area (Å²) in [4.78, 5) is 48.4. The number of alkyl halides is 6. The number of hydrogen-bond donors (Lipinski definition) is 2. The van der Waals surface area contributed by atoms with E-state index in [9.17, 15) is 55.7 Å². The summed E-state index contributed by atoms with van der Waals surface area (Å²) >= 11 is 0. The molecule has 8 rings (SSSR count). The van der Waals surface area contributed by atoms with Gasteiger partial charge >= 0.3 is 35.4 Å². The first-order valence-corrected chi connectivity index (χ1v) is 23.1.